The van der Waals surface area contributed by atoms with Gasteiger partial charge in [-0.2, -0.15) is 0 Å². The van der Waals surface area contributed by atoms with E-state index >= 15 is 0 Å². The highest BCUT2D eigenvalue weighted by molar-refractivity contribution is 8.00. The van der Waals surface area contributed by atoms with E-state index in [1.807, 2.05) is 40.0 Å². The van der Waals surface area contributed by atoms with Gasteiger partial charge in [0.25, 0.3) is 0 Å². The summed E-state index contributed by atoms with van der Waals surface area (Å²) in [5.41, 5.74) is 6.37. The summed E-state index contributed by atoms with van der Waals surface area (Å²) in [6, 6.07) is 7.58. The van der Waals surface area contributed by atoms with Crippen molar-refractivity contribution in [3.05, 3.63) is 41.2 Å². The molecule has 0 saturated carbocycles. The number of carbonyl (C=O) groups is 1. The molecule has 0 atom stereocenters. The van der Waals surface area contributed by atoms with Crippen molar-refractivity contribution in [2.75, 3.05) is 18.8 Å². The molecular weight excluding hydrogens is 358 g/mol. The molecule has 0 spiro atoms. The third kappa shape index (κ3) is 5.20. The van der Waals surface area contributed by atoms with Gasteiger partial charge in [0.15, 0.2) is 0 Å². The third-order valence-electron chi connectivity index (χ3n) is 4.38. The summed E-state index contributed by atoms with van der Waals surface area (Å²) < 4.78 is 1.86. The van der Waals surface area contributed by atoms with Gasteiger partial charge in [0.05, 0.1) is 11.4 Å². The Morgan fingerprint density at radius 1 is 1.28 bits per heavy atom. The van der Waals surface area contributed by atoms with Gasteiger partial charge in [0.2, 0.25) is 5.91 Å². The number of amides is 1. The Hall–Kier alpha value is -1.57. The minimum absolute atomic E-state index is 0.199. The summed E-state index contributed by atoms with van der Waals surface area (Å²) in [4.78, 5) is 15.4. The van der Waals surface area contributed by atoms with Crippen LogP contribution in [0.25, 0.3) is 0 Å². The largest absolute Gasteiger partial charge is 0.342 e. The first-order valence-corrected chi connectivity index (χ1v) is 9.75. The molecule has 1 saturated heterocycles. The van der Waals surface area contributed by atoms with Crippen LogP contribution in [0.5, 0.6) is 0 Å². The molecule has 1 amide bonds. The SMILES string of the molecule is NCc1cn(CC2CCN(C(=O)CSc3ccc(Cl)cc3)CC2)nn1. The highest BCUT2D eigenvalue weighted by Crippen LogP contribution is 2.23. The molecule has 0 aliphatic carbocycles. The van der Waals surface area contributed by atoms with E-state index in [0.29, 0.717) is 23.2 Å². The van der Waals surface area contributed by atoms with Gasteiger partial charge in [-0.3, -0.25) is 9.48 Å². The molecule has 2 heterocycles. The number of hydrogen-bond acceptors (Lipinski definition) is 5. The van der Waals surface area contributed by atoms with Crippen LogP contribution >= 0.6 is 23.4 Å². The highest BCUT2D eigenvalue weighted by atomic mass is 35.5. The van der Waals surface area contributed by atoms with Crippen LogP contribution in [0.2, 0.25) is 5.02 Å². The number of rotatable bonds is 6. The van der Waals surface area contributed by atoms with Gasteiger partial charge in [0.1, 0.15) is 0 Å². The first-order chi connectivity index (χ1) is 12.1. The molecule has 2 aromatic rings. The average Bonchev–Trinajstić information content (AvgIpc) is 3.09. The van der Waals surface area contributed by atoms with Crippen molar-refractivity contribution in [3.63, 3.8) is 0 Å². The number of carbonyl (C=O) groups excluding carboxylic acids is 1. The van der Waals surface area contributed by atoms with Crippen LogP contribution in [0.4, 0.5) is 0 Å². The van der Waals surface area contributed by atoms with E-state index in [1.54, 1.807) is 11.8 Å². The zero-order valence-corrected chi connectivity index (χ0v) is 15.5. The van der Waals surface area contributed by atoms with Gasteiger partial charge >= 0.3 is 0 Å². The maximum Gasteiger partial charge on any atom is 0.232 e. The minimum atomic E-state index is 0.199. The summed E-state index contributed by atoms with van der Waals surface area (Å²) >= 11 is 7.43. The van der Waals surface area contributed by atoms with Crippen molar-refractivity contribution in [2.45, 2.75) is 30.8 Å². The molecule has 6 nitrogen and oxygen atoms in total. The van der Waals surface area contributed by atoms with E-state index in [1.165, 1.54) is 0 Å². The molecule has 25 heavy (non-hydrogen) atoms. The van der Waals surface area contributed by atoms with Gasteiger partial charge < -0.3 is 10.6 Å². The molecule has 1 aliphatic rings. The Morgan fingerprint density at radius 3 is 2.64 bits per heavy atom. The standard InChI is InChI=1S/C17H22ClN5OS/c18-14-1-3-16(4-2-14)25-12-17(24)22-7-5-13(6-8-22)10-23-11-15(9-19)20-21-23/h1-4,11,13H,5-10,12,19H2. The van der Waals surface area contributed by atoms with Crippen molar-refractivity contribution in [3.8, 4) is 0 Å². The fourth-order valence-corrected chi connectivity index (χ4v) is 3.85. The van der Waals surface area contributed by atoms with Crippen molar-refractivity contribution < 1.29 is 4.79 Å². The second kappa shape index (κ2) is 8.69. The van der Waals surface area contributed by atoms with E-state index in [0.717, 1.165) is 43.1 Å². The van der Waals surface area contributed by atoms with E-state index in [4.69, 9.17) is 17.3 Å². The fourth-order valence-electron chi connectivity index (χ4n) is 2.92. The normalized spacial score (nSPS) is 15.5. The first kappa shape index (κ1) is 18.2. The zero-order valence-electron chi connectivity index (χ0n) is 14.0. The van der Waals surface area contributed by atoms with E-state index < -0.39 is 0 Å². The van der Waals surface area contributed by atoms with Crippen LogP contribution in [-0.2, 0) is 17.9 Å². The Labute approximate surface area is 156 Å². The van der Waals surface area contributed by atoms with Gasteiger partial charge in [-0.05, 0) is 43.0 Å². The van der Waals surface area contributed by atoms with Crippen LogP contribution in [0, 0.1) is 5.92 Å². The topological polar surface area (TPSA) is 77.0 Å². The Morgan fingerprint density at radius 2 is 2.00 bits per heavy atom. The fraction of sp³-hybridized carbons (Fsp3) is 0.471. The second-order valence-electron chi connectivity index (χ2n) is 6.20. The monoisotopic (exact) mass is 379 g/mol. The molecule has 8 heteroatoms. The zero-order chi connectivity index (χ0) is 17.6. The number of benzene rings is 1. The number of likely N-dealkylation sites (tertiary alicyclic amines) is 1. The number of hydrogen-bond donors (Lipinski definition) is 1. The summed E-state index contributed by atoms with van der Waals surface area (Å²) in [6.07, 6.45) is 3.89. The van der Waals surface area contributed by atoms with Crippen molar-refractivity contribution in [1.29, 1.82) is 0 Å². The highest BCUT2D eigenvalue weighted by Gasteiger charge is 2.23. The van der Waals surface area contributed by atoms with Crippen molar-refractivity contribution in [1.82, 2.24) is 19.9 Å². The van der Waals surface area contributed by atoms with Gasteiger partial charge in [-0.25, -0.2) is 0 Å². The average molecular weight is 380 g/mol. The first-order valence-electron chi connectivity index (χ1n) is 8.39. The van der Waals surface area contributed by atoms with E-state index in [-0.39, 0.29) is 5.91 Å². The number of nitrogens with two attached hydrogens (primary N) is 1. The summed E-state index contributed by atoms with van der Waals surface area (Å²) in [5, 5.41) is 8.82. The van der Waals surface area contributed by atoms with E-state index in [2.05, 4.69) is 10.3 Å². The number of halogens is 1. The Balaban J connectivity index is 1.41. The van der Waals surface area contributed by atoms with Crippen LogP contribution < -0.4 is 5.73 Å². The summed E-state index contributed by atoms with van der Waals surface area (Å²) in [6.45, 7) is 2.87. The summed E-state index contributed by atoms with van der Waals surface area (Å²) in [7, 11) is 0. The van der Waals surface area contributed by atoms with Gasteiger partial charge in [-0.15, -0.1) is 16.9 Å². The summed E-state index contributed by atoms with van der Waals surface area (Å²) in [5.74, 6) is 1.19. The Bertz CT molecular complexity index is 697. The molecule has 1 aromatic heterocycles. The molecule has 1 fully saturated rings. The van der Waals surface area contributed by atoms with Crippen molar-refractivity contribution in [2.24, 2.45) is 11.7 Å². The number of thioether (sulfide) groups is 1. The molecule has 1 aromatic carbocycles. The lowest BCUT2D eigenvalue weighted by Gasteiger charge is -2.31. The minimum Gasteiger partial charge on any atom is -0.342 e. The molecule has 3 rings (SSSR count). The lowest BCUT2D eigenvalue weighted by atomic mass is 9.97. The van der Waals surface area contributed by atoms with E-state index in [9.17, 15) is 4.79 Å². The van der Waals surface area contributed by atoms with Crippen molar-refractivity contribution >= 4 is 29.3 Å². The van der Waals surface area contributed by atoms with Gasteiger partial charge in [-0.1, -0.05) is 16.8 Å². The van der Waals surface area contributed by atoms with Crippen LogP contribution in [-0.4, -0.2) is 44.6 Å². The van der Waals surface area contributed by atoms with Crippen LogP contribution in [0.3, 0.4) is 0 Å². The molecular formula is C17H22ClN5OS. The molecule has 2 N–H and O–H groups in total. The Kier molecular flexibility index (Phi) is 6.34. The smallest absolute Gasteiger partial charge is 0.232 e. The van der Waals surface area contributed by atoms with Gasteiger partial charge in [0, 0.05) is 42.3 Å². The molecule has 134 valence electrons. The predicted octanol–water partition coefficient (Wildman–Crippen LogP) is 2.42. The maximum absolute atomic E-state index is 12.4. The maximum atomic E-state index is 12.4. The third-order valence-corrected chi connectivity index (χ3v) is 5.63. The quantitative estimate of drug-likeness (QED) is 0.780. The molecule has 1 aliphatic heterocycles. The van der Waals surface area contributed by atoms with Crippen LogP contribution in [0.15, 0.2) is 35.4 Å². The predicted molar refractivity (Wildman–Crippen MR) is 99.4 cm³/mol. The lowest BCUT2D eigenvalue weighted by molar-refractivity contribution is -0.129. The molecule has 0 bridgehead atoms. The second-order valence-corrected chi connectivity index (χ2v) is 7.69. The lowest BCUT2D eigenvalue weighted by Crippen LogP contribution is -2.40. The number of nitrogens with zero attached hydrogens (tertiary/aromatic N) is 4. The number of piperidine rings is 1. The van der Waals surface area contributed by atoms with Crippen LogP contribution in [0.1, 0.15) is 18.5 Å². The molecule has 0 unspecified atom stereocenters. The number of aromatic nitrogens is 3. The molecule has 0 radical (unpaired) electrons.